The van der Waals surface area contributed by atoms with Crippen LogP contribution in [0.2, 0.25) is 0 Å². The monoisotopic (exact) mass is 162 g/mol. The molecule has 0 aromatic heterocycles. The summed E-state index contributed by atoms with van der Waals surface area (Å²) in [4.78, 5) is 0. The lowest BCUT2D eigenvalue weighted by atomic mass is 15.6. The molecule has 0 fully saturated rings. The lowest BCUT2D eigenvalue weighted by Gasteiger charge is -2.33. The van der Waals surface area contributed by atoms with Crippen molar-refractivity contribution in [1.29, 1.82) is 0 Å². The Balaban J connectivity index is 4.50. The molecule has 0 bridgehead atoms. The molecule has 0 aliphatic carbocycles. The van der Waals surface area contributed by atoms with Crippen molar-refractivity contribution in [2.75, 3.05) is 0 Å². The van der Waals surface area contributed by atoms with E-state index in [0.717, 1.165) is 0 Å². The maximum absolute atomic E-state index is 10.3. The SMILES string of the molecule is FOS(F)(F)(F)(F)F. The van der Waals surface area contributed by atoms with E-state index < -0.39 is 10.5 Å². The first-order chi connectivity index (χ1) is 3.04. The largest absolute Gasteiger partial charge is 0.426 e. The molecule has 0 heterocycles. The van der Waals surface area contributed by atoms with Gasteiger partial charge in [-0.15, -0.1) is 0 Å². The maximum atomic E-state index is 10.3. The summed E-state index contributed by atoms with van der Waals surface area (Å²) in [7, 11) is -10.2. The topological polar surface area (TPSA) is 9.23 Å². The Kier molecular flexibility index (Phi) is 0.934. The van der Waals surface area contributed by atoms with Crippen molar-refractivity contribution in [3.8, 4) is 0 Å². The van der Waals surface area contributed by atoms with Crippen molar-refractivity contribution in [1.82, 2.24) is 0 Å². The minimum Gasteiger partial charge on any atom is -0.0735 e. The summed E-state index contributed by atoms with van der Waals surface area (Å²) >= 11 is 0. The molecule has 0 saturated carbocycles. The van der Waals surface area contributed by atoms with Crippen molar-refractivity contribution in [3.05, 3.63) is 0 Å². The Hall–Kier alpha value is -0.110. The molecule has 0 N–H and O–H groups in total. The molecule has 0 aromatic carbocycles. The summed E-state index contributed by atoms with van der Waals surface area (Å²) in [5.74, 6) is 0. The van der Waals surface area contributed by atoms with Crippen LogP contribution in [0.25, 0.3) is 0 Å². The first-order valence-corrected chi connectivity index (χ1v) is 2.97. The first-order valence-electron chi connectivity index (χ1n) is 1.09. The standard InChI is InChI=1S/F6OS/c1-7-8(2,3,4,5)6. The van der Waals surface area contributed by atoms with Crippen LogP contribution in [0, 0.1) is 0 Å². The van der Waals surface area contributed by atoms with E-state index in [-0.39, 0.29) is 0 Å². The Morgan fingerprint density at radius 1 is 0.875 bits per heavy atom. The highest BCUT2D eigenvalue weighted by Gasteiger charge is 2.68. The quantitative estimate of drug-likeness (QED) is 0.538. The fraction of sp³-hybridized carbons (Fsp3) is 0. The molecule has 0 radical (unpaired) electrons. The van der Waals surface area contributed by atoms with Gasteiger partial charge < -0.3 is 0 Å². The van der Waals surface area contributed by atoms with Crippen molar-refractivity contribution >= 4 is 10.5 Å². The highest BCUT2D eigenvalue weighted by atomic mass is 32.5. The van der Waals surface area contributed by atoms with E-state index in [0.29, 0.717) is 4.39 Å². The fourth-order valence-electron chi connectivity index (χ4n) is 0. The van der Waals surface area contributed by atoms with Gasteiger partial charge in [0.2, 0.25) is 0 Å². The molecule has 0 rings (SSSR count). The molecule has 8 heavy (non-hydrogen) atoms. The normalized spacial score (nSPS) is 21.8. The van der Waals surface area contributed by atoms with Crippen molar-refractivity contribution in [2.45, 2.75) is 0 Å². The lowest BCUT2D eigenvalue weighted by molar-refractivity contribution is -0.0627. The molecular formula is F6OS. The van der Waals surface area contributed by atoms with Gasteiger partial charge >= 0.3 is 10.5 Å². The summed E-state index contributed by atoms with van der Waals surface area (Å²) in [6.07, 6.45) is 0. The Morgan fingerprint density at radius 2 is 1.00 bits per heavy atom. The Bertz CT molecular complexity index is 91.7. The zero-order valence-corrected chi connectivity index (χ0v) is 3.90. The first kappa shape index (κ1) is 7.89. The second-order valence-electron chi connectivity index (χ2n) is 0.961. The number of rotatable bonds is 1. The molecule has 0 amide bonds. The highest BCUT2D eigenvalue weighted by molar-refractivity contribution is 8.41. The van der Waals surface area contributed by atoms with Crippen molar-refractivity contribution in [2.24, 2.45) is 0 Å². The van der Waals surface area contributed by atoms with Crippen LogP contribution in [-0.2, 0) is 4.39 Å². The minimum absolute atomic E-state index is 0.597. The van der Waals surface area contributed by atoms with Crippen LogP contribution >= 0.6 is 10.5 Å². The van der Waals surface area contributed by atoms with Crippen LogP contribution < -0.4 is 0 Å². The van der Waals surface area contributed by atoms with Gasteiger partial charge in [0.25, 0.3) is 0 Å². The third kappa shape index (κ3) is 5.89. The molecule has 0 aliphatic rings. The van der Waals surface area contributed by atoms with Gasteiger partial charge in [0.15, 0.2) is 0 Å². The van der Waals surface area contributed by atoms with Crippen LogP contribution in [0.5, 0.6) is 0 Å². The summed E-state index contributed by atoms with van der Waals surface area (Å²) in [5, 5.41) is 0. The number of halogens is 6. The van der Waals surface area contributed by atoms with Gasteiger partial charge in [0.1, 0.15) is 0 Å². The van der Waals surface area contributed by atoms with E-state index in [1.54, 1.807) is 0 Å². The van der Waals surface area contributed by atoms with Gasteiger partial charge in [-0.05, 0) is 8.91 Å². The van der Waals surface area contributed by atoms with Crippen molar-refractivity contribution < 1.29 is 28.3 Å². The smallest absolute Gasteiger partial charge is 0.0735 e. The van der Waals surface area contributed by atoms with Crippen molar-refractivity contribution in [3.63, 3.8) is 0 Å². The summed E-state index contributed by atoms with van der Waals surface area (Å²) in [5.41, 5.74) is 0. The third-order valence-electron chi connectivity index (χ3n) is 0.119. The summed E-state index contributed by atoms with van der Waals surface area (Å²) in [6, 6.07) is 0. The van der Waals surface area contributed by atoms with Crippen LogP contribution in [0.1, 0.15) is 0 Å². The predicted octanol–water partition coefficient (Wildman–Crippen LogP) is 3.10. The number of hydrogen-bond acceptors (Lipinski definition) is 1. The predicted molar refractivity (Wildman–Crippen MR) is 15.3 cm³/mol. The van der Waals surface area contributed by atoms with E-state index in [4.69, 9.17) is 0 Å². The average molecular weight is 162 g/mol. The Morgan fingerprint density at radius 3 is 1.00 bits per heavy atom. The van der Waals surface area contributed by atoms with Gasteiger partial charge in [-0.2, -0.15) is 0 Å². The number of hydrogen-bond donors (Lipinski definition) is 0. The molecule has 0 aromatic rings. The Labute approximate surface area is 40.1 Å². The third-order valence-corrected chi connectivity index (χ3v) is 0.357. The highest BCUT2D eigenvalue weighted by Crippen LogP contribution is 2.98. The van der Waals surface area contributed by atoms with E-state index in [1.807, 2.05) is 0 Å². The van der Waals surface area contributed by atoms with Gasteiger partial charge in [-0.3, -0.25) is 0 Å². The van der Waals surface area contributed by atoms with Crippen LogP contribution in [-0.4, -0.2) is 0 Å². The minimum atomic E-state index is -10.2. The summed E-state index contributed by atoms with van der Waals surface area (Å²) in [6.45, 7) is 0. The van der Waals surface area contributed by atoms with Crippen LogP contribution in [0.4, 0.5) is 24.0 Å². The zero-order chi connectivity index (χ0) is 7.12. The van der Waals surface area contributed by atoms with Crippen LogP contribution in [0.15, 0.2) is 0 Å². The maximum Gasteiger partial charge on any atom is 0.426 e. The molecule has 54 valence electrons. The molecule has 0 saturated heterocycles. The molecule has 0 atom stereocenters. The zero-order valence-electron chi connectivity index (χ0n) is 3.08. The van der Waals surface area contributed by atoms with E-state index in [2.05, 4.69) is 0 Å². The van der Waals surface area contributed by atoms with E-state index in [1.165, 1.54) is 0 Å². The molecule has 1 nitrogen and oxygen atoms in total. The molecule has 0 aliphatic heterocycles. The lowest BCUT2D eigenvalue weighted by Crippen LogP contribution is -2.03. The molecule has 0 spiro atoms. The van der Waals surface area contributed by atoms with Gasteiger partial charge in [0, 0.05) is 0 Å². The van der Waals surface area contributed by atoms with E-state index >= 15 is 0 Å². The molecule has 0 unspecified atom stereocenters. The molecule has 8 heteroatoms. The second kappa shape index (κ2) is 0.947. The van der Waals surface area contributed by atoms with Gasteiger partial charge in [0.05, 0.1) is 0 Å². The second-order valence-corrected chi connectivity index (χ2v) is 2.88. The van der Waals surface area contributed by atoms with E-state index in [9.17, 15) is 24.0 Å². The fourth-order valence-corrected chi connectivity index (χ4v) is 0. The molecular weight excluding hydrogens is 162 g/mol. The average Bonchev–Trinajstić information content (AvgIpc) is 1.30. The van der Waals surface area contributed by atoms with Gasteiger partial charge in [-0.25, -0.2) is 0 Å². The van der Waals surface area contributed by atoms with Gasteiger partial charge in [-0.1, -0.05) is 19.4 Å². The van der Waals surface area contributed by atoms with Crippen LogP contribution in [0.3, 0.4) is 0 Å². The summed E-state index contributed by atoms with van der Waals surface area (Å²) < 4.78 is 62.3.